The predicted octanol–water partition coefficient (Wildman–Crippen LogP) is 2.73. The van der Waals surface area contributed by atoms with E-state index in [0.29, 0.717) is 71.2 Å². The number of amides is 5. The van der Waals surface area contributed by atoms with Gasteiger partial charge in [-0.2, -0.15) is 0 Å². The average Bonchev–Trinajstić information content (AvgIpc) is 3.33. The SMILES string of the molecule is CBc1cc(C[C@@H](OC(=O)N2CCC(N3CCc4ccccc4NC3=O)CC2)C(=O)N2CCC(C3CCN(CC(=O)NOC)CC3)CC2)ccc1O. The molecule has 0 bridgehead atoms. The minimum atomic E-state index is -0.993. The number of hydrogen-bond donors (Lipinski definition) is 3. The van der Waals surface area contributed by atoms with Crippen LogP contribution in [0, 0.1) is 11.8 Å². The maximum absolute atomic E-state index is 14.1. The molecular formula is C38H53BN6O7. The highest BCUT2D eigenvalue weighted by atomic mass is 16.6. The molecule has 0 spiro atoms. The van der Waals surface area contributed by atoms with Crippen LogP contribution in [0.2, 0.25) is 6.82 Å². The number of phenols is 1. The second kappa shape index (κ2) is 17.5. The van der Waals surface area contributed by atoms with Crippen LogP contribution >= 0.6 is 0 Å². The van der Waals surface area contributed by atoms with Gasteiger partial charge in [0.05, 0.1) is 13.7 Å². The molecule has 0 aliphatic carbocycles. The van der Waals surface area contributed by atoms with Crippen LogP contribution in [-0.4, -0.2) is 128 Å². The van der Waals surface area contributed by atoms with Crippen molar-refractivity contribution in [3.63, 3.8) is 0 Å². The largest absolute Gasteiger partial charge is 0.509 e. The summed E-state index contributed by atoms with van der Waals surface area (Å²) in [6.45, 7) is 6.72. The summed E-state index contributed by atoms with van der Waals surface area (Å²) in [5.74, 6) is 0.940. The van der Waals surface area contributed by atoms with Crippen LogP contribution in [0.1, 0.15) is 49.7 Å². The van der Waals surface area contributed by atoms with E-state index in [-0.39, 0.29) is 36.1 Å². The normalized spacial score (nSPS) is 20.0. The summed E-state index contributed by atoms with van der Waals surface area (Å²) in [6.07, 6.45) is 4.56. The van der Waals surface area contributed by atoms with E-state index >= 15 is 0 Å². The van der Waals surface area contributed by atoms with E-state index in [1.165, 1.54) is 7.11 Å². The zero-order valence-electron chi connectivity index (χ0n) is 30.6. The molecule has 1 atom stereocenters. The Morgan fingerprint density at radius 1 is 0.923 bits per heavy atom. The van der Waals surface area contributed by atoms with Crippen molar-refractivity contribution in [2.24, 2.45) is 11.8 Å². The van der Waals surface area contributed by atoms with Crippen molar-refractivity contribution in [3.05, 3.63) is 53.6 Å². The second-order valence-electron chi connectivity index (χ2n) is 14.6. The van der Waals surface area contributed by atoms with Gasteiger partial charge in [0, 0.05) is 50.9 Å². The Morgan fingerprint density at radius 2 is 1.60 bits per heavy atom. The maximum atomic E-state index is 14.1. The van der Waals surface area contributed by atoms with Gasteiger partial charge in [-0.3, -0.25) is 19.3 Å². The Morgan fingerprint density at radius 3 is 2.29 bits per heavy atom. The Balaban J connectivity index is 1.04. The number of aromatic hydroxyl groups is 1. The van der Waals surface area contributed by atoms with Crippen molar-refractivity contribution in [3.8, 4) is 5.75 Å². The summed E-state index contributed by atoms with van der Waals surface area (Å²) in [6, 6.07) is 13.1. The summed E-state index contributed by atoms with van der Waals surface area (Å²) < 4.78 is 6.07. The predicted molar refractivity (Wildman–Crippen MR) is 199 cm³/mol. The number of carbonyl (C=O) groups excluding carboxylic acids is 4. The molecule has 2 aromatic carbocycles. The van der Waals surface area contributed by atoms with E-state index in [1.807, 2.05) is 47.0 Å². The number of ether oxygens (including phenoxy) is 1. The first-order valence-corrected chi connectivity index (χ1v) is 19.0. The van der Waals surface area contributed by atoms with Gasteiger partial charge in [0.15, 0.2) is 13.4 Å². The van der Waals surface area contributed by atoms with Crippen molar-refractivity contribution in [2.75, 3.05) is 64.8 Å². The van der Waals surface area contributed by atoms with Crippen LogP contribution in [0.3, 0.4) is 0 Å². The number of nitrogens with one attached hydrogen (secondary N) is 2. The molecule has 6 rings (SSSR count). The number of rotatable bonds is 10. The molecule has 4 aliphatic rings. The van der Waals surface area contributed by atoms with Crippen molar-refractivity contribution >= 4 is 42.4 Å². The van der Waals surface area contributed by atoms with E-state index in [2.05, 4.69) is 15.7 Å². The first-order valence-electron chi connectivity index (χ1n) is 19.0. The highest BCUT2D eigenvalue weighted by molar-refractivity contribution is 6.53. The van der Waals surface area contributed by atoms with Crippen molar-refractivity contribution < 1.29 is 33.9 Å². The molecule has 14 heteroatoms. The van der Waals surface area contributed by atoms with Gasteiger partial charge in [0.25, 0.3) is 11.8 Å². The third-order valence-corrected chi connectivity index (χ3v) is 11.5. The third-order valence-electron chi connectivity index (χ3n) is 11.5. The lowest BCUT2D eigenvalue weighted by atomic mass is 9.72. The number of para-hydroxylation sites is 1. The second-order valence-corrected chi connectivity index (χ2v) is 14.6. The Labute approximate surface area is 307 Å². The first kappa shape index (κ1) is 37.5. The minimum Gasteiger partial charge on any atom is -0.509 e. The molecule has 3 fully saturated rings. The summed E-state index contributed by atoms with van der Waals surface area (Å²) in [7, 11) is 2.08. The maximum Gasteiger partial charge on any atom is 0.410 e. The molecule has 0 aromatic heterocycles. The van der Waals surface area contributed by atoms with Gasteiger partial charge in [-0.05, 0) is 98.6 Å². The fourth-order valence-electron chi connectivity index (χ4n) is 8.46. The fraction of sp³-hybridized carbons (Fsp3) is 0.579. The molecule has 4 heterocycles. The number of fused-ring (bicyclic) bond motifs is 1. The molecule has 52 heavy (non-hydrogen) atoms. The summed E-state index contributed by atoms with van der Waals surface area (Å²) in [4.78, 5) is 65.1. The summed E-state index contributed by atoms with van der Waals surface area (Å²) in [5.41, 5.74) is 5.96. The van der Waals surface area contributed by atoms with Gasteiger partial charge in [-0.1, -0.05) is 37.2 Å². The minimum absolute atomic E-state index is 0.00365. The van der Waals surface area contributed by atoms with Gasteiger partial charge in [0.1, 0.15) is 5.75 Å². The molecule has 280 valence electrons. The van der Waals surface area contributed by atoms with Gasteiger partial charge in [0.2, 0.25) is 0 Å². The number of phenolic OH excluding ortho intramolecular Hbond substituents is 1. The monoisotopic (exact) mass is 716 g/mol. The topological polar surface area (TPSA) is 144 Å². The Hall–Kier alpha value is -4.30. The van der Waals surface area contributed by atoms with Crippen molar-refractivity contribution in [1.82, 2.24) is 25.1 Å². The Kier molecular flexibility index (Phi) is 12.6. The smallest absolute Gasteiger partial charge is 0.410 e. The van der Waals surface area contributed by atoms with Gasteiger partial charge < -0.3 is 29.9 Å². The third kappa shape index (κ3) is 9.19. The van der Waals surface area contributed by atoms with Crippen molar-refractivity contribution in [1.29, 1.82) is 0 Å². The number of carbonyl (C=O) groups is 4. The van der Waals surface area contributed by atoms with Gasteiger partial charge in [-0.25, -0.2) is 15.1 Å². The van der Waals surface area contributed by atoms with E-state index < -0.39 is 12.2 Å². The van der Waals surface area contributed by atoms with Gasteiger partial charge >= 0.3 is 12.1 Å². The molecule has 5 amide bonds. The molecule has 0 saturated carbocycles. The van der Waals surface area contributed by atoms with Crippen molar-refractivity contribution in [2.45, 2.75) is 70.3 Å². The molecule has 3 N–H and O–H groups in total. The molecule has 0 unspecified atom stereocenters. The molecule has 3 saturated heterocycles. The van der Waals surface area contributed by atoms with E-state index in [9.17, 15) is 24.3 Å². The quantitative estimate of drug-likeness (QED) is 0.252. The number of urea groups is 1. The number of nitrogens with zero attached hydrogens (tertiary/aromatic N) is 4. The molecular weight excluding hydrogens is 663 g/mol. The number of likely N-dealkylation sites (tertiary alicyclic amines) is 3. The zero-order chi connectivity index (χ0) is 36.6. The lowest BCUT2D eigenvalue weighted by Crippen LogP contribution is -2.52. The molecule has 0 radical (unpaired) electrons. The van der Waals surface area contributed by atoms with Gasteiger partial charge in [-0.15, -0.1) is 0 Å². The van der Waals surface area contributed by atoms with E-state index in [4.69, 9.17) is 9.57 Å². The van der Waals surface area contributed by atoms with E-state index in [0.717, 1.165) is 67.5 Å². The number of hydroxylamine groups is 1. The van der Waals surface area contributed by atoms with E-state index in [1.54, 1.807) is 17.0 Å². The molecule has 4 aliphatic heterocycles. The fourth-order valence-corrected chi connectivity index (χ4v) is 8.46. The van der Waals surface area contributed by atoms with Crippen LogP contribution in [0.25, 0.3) is 0 Å². The molecule has 13 nitrogen and oxygen atoms in total. The first-order chi connectivity index (χ1) is 25.2. The zero-order valence-corrected chi connectivity index (χ0v) is 30.6. The Bertz CT molecular complexity index is 1570. The molecule has 2 aromatic rings. The number of benzene rings is 2. The highest BCUT2D eigenvalue weighted by Crippen LogP contribution is 2.33. The summed E-state index contributed by atoms with van der Waals surface area (Å²) >= 11 is 0. The highest BCUT2D eigenvalue weighted by Gasteiger charge is 2.37. The number of anilines is 1. The average molecular weight is 717 g/mol. The number of piperidine rings is 3. The van der Waals surface area contributed by atoms with Crippen LogP contribution < -0.4 is 16.3 Å². The number of hydrogen-bond acceptors (Lipinski definition) is 8. The lowest BCUT2D eigenvalue weighted by Gasteiger charge is -2.41. The van der Waals surface area contributed by atoms with Crippen LogP contribution in [0.15, 0.2) is 42.5 Å². The summed E-state index contributed by atoms with van der Waals surface area (Å²) in [5, 5.41) is 13.3. The van der Waals surface area contributed by atoms with Crippen LogP contribution in [0.4, 0.5) is 15.3 Å². The van der Waals surface area contributed by atoms with Crippen LogP contribution in [-0.2, 0) is 32.0 Å². The standard InChI is InChI=1S/C38H53BN6O7/c1-39-31-23-26(7-8-33(31)46)24-34(36(48)43-18-11-28(12-19-43)27-9-16-42(17-10-27)25-35(47)41-51-2)52-38(50)44-20-14-30(15-21-44)45-22-13-29-5-3-4-6-32(29)40-37(45)49/h3-8,23,27-28,30,34,39,46H,9-22,24-25H2,1-2H3,(H,40,49)(H,41,47)/t34-/m1/s1. The lowest BCUT2D eigenvalue weighted by molar-refractivity contribution is -0.142. The van der Waals surface area contributed by atoms with Crippen LogP contribution in [0.5, 0.6) is 5.75 Å².